The van der Waals surface area contributed by atoms with Gasteiger partial charge in [-0.2, -0.15) is 0 Å². The number of nitrogens with zero attached hydrogens (tertiary/aromatic N) is 1. The lowest BCUT2D eigenvalue weighted by molar-refractivity contribution is 0.286. The van der Waals surface area contributed by atoms with Gasteiger partial charge in [-0.3, -0.25) is 4.98 Å². The van der Waals surface area contributed by atoms with Crippen LogP contribution in [0.2, 0.25) is 0 Å². The molecule has 0 atom stereocenters. The number of methoxy groups -OCH3 is 1. The van der Waals surface area contributed by atoms with Gasteiger partial charge in [-0.15, -0.1) is 0 Å². The van der Waals surface area contributed by atoms with Crippen molar-refractivity contribution in [3.63, 3.8) is 0 Å². The van der Waals surface area contributed by atoms with Crippen molar-refractivity contribution in [3.05, 3.63) is 23.5 Å². The van der Waals surface area contributed by atoms with Crippen LogP contribution in [0.1, 0.15) is 17.8 Å². The summed E-state index contributed by atoms with van der Waals surface area (Å²) in [4.78, 5) is 4.37. The van der Waals surface area contributed by atoms with Gasteiger partial charge in [-0.1, -0.05) is 0 Å². The largest absolute Gasteiger partial charge is 0.497 e. The zero-order chi connectivity index (χ0) is 11.1. The fourth-order valence-electron chi connectivity index (χ4n) is 1.33. The number of aromatic nitrogens is 1. The Kier molecular flexibility index (Phi) is 5.07. The molecule has 0 radical (unpaired) electrons. The predicted molar refractivity (Wildman–Crippen MR) is 58.9 cm³/mol. The predicted octanol–water partition coefficient (Wildman–Crippen LogP) is 0.871. The lowest BCUT2D eigenvalue weighted by Crippen LogP contribution is -2.16. The van der Waals surface area contributed by atoms with E-state index in [-0.39, 0.29) is 6.61 Å². The Morgan fingerprint density at radius 1 is 1.47 bits per heavy atom. The van der Waals surface area contributed by atoms with Crippen molar-refractivity contribution in [2.75, 3.05) is 20.3 Å². The molecule has 0 amide bonds. The summed E-state index contributed by atoms with van der Waals surface area (Å²) in [7, 11) is 1.65. The van der Waals surface area contributed by atoms with Crippen molar-refractivity contribution in [2.45, 2.75) is 19.9 Å². The van der Waals surface area contributed by atoms with E-state index in [9.17, 15) is 0 Å². The molecule has 0 saturated heterocycles. The zero-order valence-corrected chi connectivity index (χ0v) is 9.29. The maximum absolute atomic E-state index is 8.61. The molecular weight excluding hydrogens is 192 g/mol. The van der Waals surface area contributed by atoms with Crippen LogP contribution in [0.5, 0.6) is 5.75 Å². The van der Waals surface area contributed by atoms with Crippen LogP contribution >= 0.6 is 0 Å². The van der Waals surface area contributed by atoms with Crippen molar-refractivity contribution in [1.29, 1.82) is 0 Å². The van der Waals surface area contributed by atoms with Crippen LogP contribution in [-0.2, 0) is 6.54 Å². The van der Waals surface area contributed by atoms with E-state index in [0.717, 1.165) is 30.1 Å². The third-order valence-electron chi connectivity index (χ3n) is 2.03. The molecule has 1 aromatic rings. The van der Waals surface area contributed by atoms with E-state index < -0.39 is 0 Å². The van der Waals surface area contributed by atoms with E-state index >= 15 is 0 Å². The number of hydrogen-bond acceptors (Lipinski definition) is 4. The number of nitrogens with one attached hydrogen (secondary N) is 1. The van der Waals surface area contributed by atoms with Crippen molar-refractivity contribution < 1.29 is 9.84 Å². The van der Waals surface area contributed by atoms with E-state index in [2.05, 4.69) is 10.3 Å². The number of aliphatic hydroxyl groups is 1. The van der Waals surface area contributed by atoms with Crippen LogP contribution in [0.4, 0.5) is 0 Å². The number of rotatable bonds is 6. The van der Waals surface area contributed by atoms with E-state index in [4.69, 9.17) is 9.84 Å². The van der Waals surface area contributed by atoms with Gasteiger partial charge in [-0.05, 0) is 19.9 Å². The van der Waals surface area contributed by atoms with Gasteiger partial charge in [0.1, 0.15) is 5.75 Å². The van der Waals surface area contributed by atoms with Crippen LogP contribution in [0.3, 0.4) is 0 Å². The Morgan fingerprint density at radius 2 is 2.27 bits per heavy atom. The van der Waals surface area contributed by atoms with Crippen molar-refractivity contribution in [2.24, 2.45) is 0 Å². The monoisotopic (exact) mass is 210 g/mol. The molecule has 0 bridgehead atoms. The molecule has 0 aliphatic carbocycles. The normalized spacial score (nSPS) is 10.3. The highest BCUT2D eigenvalue weighted by Crippen LogP contribution is 2.12. The highest BCUT2D eigenvalue weighted by Gasteiger charge is 1.99. The first-order valence-corrected chi connectivity index (χ1v) is 5.09. The SMILES string of the molecule is COc1cc(C)nc(CNCCCO)c1. The van der Waals surface area contributed by atoms with Gasteiger partial charge >= 0.3 is 0 Å². The average molecular weight is 210 g/mol. The number of hydrogen-bond donors (Lipinski definition) is 2. The van der Waals surface area contributed by atoms with E-state index in [1.54, 1.807) is 7.11 Å². The summed E-state index contributed by atoms with van der Waals surface area (Å²) in [6.45, 7) is 3.67. The molecule has 1 aromatic heterocycles. The molecule has 4 nitrogen and oxygen atoms in total. The molecule has 0 unspecified atom stereocenters. The minimum atomic E-state index is 0.220. The van der Waals surface area contributed by atoms with Crippen molar-refractivity contribution in [1.82, 2.24) is 10.3 Å². The minimum Gasteiger partial charge on any atom is -0.497 e. The van der Waals surface area contributed by atoms with Crippen LogP contribution in [0.15, 0.2) is 12.1 Å². The Balaban J connectivity index is 2.49. The molecule has 2 N–H and O–H groups in total. The number of aryl methyl sites for hydroxylation is 1. The topological polar surface area (TPSA) is 54.4 Å². The quantitative estimate of drug-likeness (QED) is 0.684. The van der Waals surface area contributed by atoms with Gasteiger partial charge in [0, 0.05) is 31.0 Å². The fourth-order valence-corrected chi connectivity index (χ4v) is 1.33. The molecule has 4 heteroatoms. The summed E-state index contributed by atoms with van der Waals surface area (Å²) >= 11 is 0. The molecule has 0 fully saturated rings. The second-order valence-electron chi connectivity index (χ2n) is 3.39. The second-order valence-corrected chi connectivity index (χ2v) is 3.39. The highest BCUT2D eigenvalue weighted by atomic mass is 16.5. The zero-order valence-electron chi connectivity index (χ0n) is 9.29. The molecule has 1 heterocycles. The van der Waals surface area contributed by atoms with Crippen molar-refractivity contribution in [3.8, 4) is 5.75 Å². The summed E-state index contributed by atoms with van der Waals surface area (Å²) < 4.78 is 5.16. The molecule has 1 rings (SSSR count). The molecule has 0 aromatic carbocycles. The minimum absolute atomic E-state index is 0.220. The van der Waals surface area contributed by atoms with Crippen LogP contribution < -0.4 is 10.1 Å². The first-order valence-electron chi connectivity index (χ1n) is 5.09. The Bertz CT molecular complexity index is 303. The fraction of sp³-hybridized carbons (Fsp3) is 0.545. The van der Waals surface area contributed by atoms with Gasteiger partial charge in [-0.25, -0.2) is 0 Å². The first kappa shape index (κ1) is 11.9. The van der Waals surface area contributed by atoms with Crippen LogP contribution in [0.25, 0.3) is 0 Å². The van der Waals surface area contributed by atoms with Crippen LogP contribution in [0, 0.1) is 6.92 Å². The summed E-state index contributed by atoms with van der Waals surface area (Å²) in [5.74, 6) is 0.835. The number of ether oxygens (including phenoxy) is 1. The Hall–Kier alpha value is -1.13. The number of pyridine rings is 1. The van der Waals surface area contributed by atoms with Gasteiger partial charge in [0.15, 0.2) is 0 Å². The number of aliphatic hydroxyl groups excluding tert-OH is 1. The van der Waals surface area contributed by atoms with Gasteiger partial charge in [0.2, 0.25) is 0 Å². The molecule has 15 heavy (non-hydrogen) atoms. The van der Waals surface area contributed by atoms with E-state index in [1.807, 2.05) is 19.1 Å². The second kappa shape index (κ2) is 6.37. The molecular formula is C11H18N2O2. The third-order valence-corrected chi connectivity index (χ3v) is 2.03. The van der Waals surface area contributed by atoms with Gasteiger partial charge in [0.05, 0.1) is 12.8 Å². The molecule has 0 aliphatic heterocycles. The molecule has 0 aliphatic rings. The maximum atomic E-state index is 8.61. The summed E-state index contributed by atoms with van der Waals surface area (Å²) in [5.41, 5.74) is 1.91. The first-order chi connectivity index (χ1) is 7.26. The summed E-state index contributed by atoms with van der Waals surface area (Å²) in [5, 5.41) is 11.8. The lowest BCUT2D eigenvalue weighted by Gasteiger charge is -2.06. The standard InChI is InChI=1S/C11H18N2O2/c1-9-6-11(15-2)7-10(13-9)8-12-4-3-5-14/h6-7,12,14H,3-5,8H2,1-2H3. The molecule has 84 valence electrons. The van der Waals surface area contributed by atoms with Gasteiger partial charge < -0.3 is 15.2 Å². The van der Waals surface area contributed by atoms with E-state index in [1.165, 1.54) is 0 Å². The maximum Gasteiger partial charge on any atom is 0.122 e. The Labute approximate surface area is 90.3 Å². The summed E-state index contributed by atoms with van der Waals surface area (Å²) in [6.07, 6.45) is 0.767. The third kappa shape index (κ3) is 4.27. The molecule has 0 spiro atoms. The average Bonchev–Trinajstić information content (AvgIpc) is 2.23. The van der Waals surface area contributed by atoms with Crippen LogP contribution in [-0.4, -0.2) is 30.4 Å². The molecule has 0 saturated carbocycles. The van der Waals surface area contributed by atoms with Crippen molar-refractivity contribution >= 4 is 0 Å². The highest BCUT2D eigenvalue weighted by molar-refractivity contribution is 5.26. The van der Waals surface area contributed by atoms with E-state index in [0.29, 0.717) is 6.54 Å². The lowest BCUT2D eigenvalue weighted by atomic mass is 10.3. The summed E-state index contributed by atoms with van der Waals surface area (Å²) in [6, 6.07) is 3.82. The smallest absolute Gasteiger partial charge is 0.122 e. The van der Waals surface area contributed by atoms with Gasteiger partial charge in [0.25, 0.3) is 0 Å². The Morgan fingerprint density at radius 3 is 2.93 bits per heavy atom.